The minimum atomic E-state index is -0.793. The summed E-state index contributed by atoms with van der Waals surface area (Å²) in [5.74, 6) is -1.35. The molecule has 232 valence electrons. The molecule has 13 heteroatoms. The van der Waals surface area contributed by atoms with E-state index >= 15 is 0 Å². The Hall–Kier alpha value is -4.81. The first kappa shape index (κ1) is 30.2. The number of ether oxygens (including phenoxy) is 1. The molecule has 3 heterocycles. The molecule has 2 aromatic carbocycles. The summed E-state index contributed by atoms with van der Waals surface area (Å²) in [6, 6.07) is 13.1. The molecule has 1 amide bonds. The fourth-order valence-corrected chi connectivity index (χ4v) is 6.51. The van der Waals surface area contributed by atoms with Crippen LogP contribution in [0.4, 0.5) is 5.69 Å². The lowest BCUT2D eigenvalue weighted by atomic mass is 9.94. The molecular formula is C32H31ClN6O6. The van der Waals surface area contributed by atoms with E-state index in [4.69, 9.17) is 21.3 Å². The largest absolute Gasteiger partial charge is 0.481 e. The van der Waals surface area contributed by atoms with Gasteiger partial charge in [-0.1, -0.05) is 41.9 Å². The maximum Gasteiger partial charge on any atom is 0.346 e. The van der Waals surface area contributed by atoms with Gasteiger partial charge in [0, 0.05) is 55.6 Å². The van der Waals surface area contributed by atoms with E-state index in [0.29, 0.717) is 46.5 Å². The van der Waals surface area contributed by atoms with Gasteiger partial charge in [0.15, 0.2) is 0 Å². The second-order valence-electron chi connectivity index (χ2n) is 11.4. The monoisotopic (exact) mass is 630 g/mol. The Bertz CT molecular complexity index is 2000. The van der Waals surface area contributed by atoms with Crippen LogP contribution < -0.4 is 21.3 Å². The number of amides is 1. The highest BCUT2D eigenvalue weighted by Crippen LogP contribution is 2.46. The summed E-state index contributed by atoms with van der Waals surface area (Å²) in [5.41, 5.74) is 4.28. The van der Waals surface area contributed by atoms with Gasteiger partial charge >= 0.3 is 11.7 Å². The molecule has 45 heavy (non-hydrogen) atoms. The van der Waals surface area contributed by atoms with E-state index in [1.807, 2.05) is 37.3 Å². The number of benzene rings is 2. The first-order valence-corrected chi connectivity index (χ1v) is 14.8. The summed E-state index contributed by atoms with van der Waals surface area (Å²) in [6.45, 7) is 2.85. The minimum absolute atomic E-state index is 0.0608. The zero-order valence-corrected chi connectivity index (χ0v) is 25.9. The van der Waals surface area contributed by atoms with Crippen molar-refractivity contribution in [2.45, 2.75) is 25.8 Å². The molecule has 1 fully saturated rings. The predicted molar refractivity (Wildman–Crippen MR) is 168 cm³/mol. The number of nitrogens with one attached hydrogen (secondary N) is 1. The number of aliphatic carboxylic acids is 1. The van der Waals surface area contributed by atoms with Gasteiger partial charge in [-0.25, -0.2) is 14.5 Å². The first-order valence-electron chi connectivity index (χ1n) is 14.4. The van der Waals surface area contributed by atoms with Gasteiger partial charge in [0.25, 0.3) is 11.5 Å². The maximum absolute atomic E-state index is 13.1. The van der Waals surface area contributed by atoms with Gasteiger partial charge in [-0.05, 0) is 48.6 Å². The third-order valence-electron chi connectivity index (χ3n) is 8.71. The van der Waals surface area contributed by atoms with Gasteiger partial charge in [-0.15, -0.1) is 0 Å². The summed E-state index contributed by atoms with van der Waals surface area (Å²) < 4.78 is 7.52. The first-order chi connectivity index (χ1) is 21.5. The zero-order chi connectivity index (χ0) is 32.2. The number of rotatable bonds is 7. The van der Waals surface area contributed by atoms with Crippen molar-refractivity contribution in [1.29, 1.82) is 0 Å². The molecular weight excluding hydrogens is 600 g/mol. The molecule has 1 atom stereocenters. The summed E-state index contributed by atoms with van der Waals surface area (Å²) in [7, 11) is 4.24. The Balaban J connectivity index is 1.32. The number of carboxylic acids is 1. The van der Waals surface area contributed by atoms with Crippen molar-refractivity contribution in [3.05, 3.63) is 90.7 Å². The van der Waals surface area contributed by atoms with Crippen molar-refractivity contribution in [1.82, 2.24) is 24.2 Å². The summed E-state index contributed by atoms with van der Waals surface area (Å²) >= 11 is 7.06. The molecule has 12 nitrogen and oxygen atoms in total. The number of carbonyl (C=O) groups excluding carboxylic acids is 1. The Labute approximate surface area is 262 Å². The molecule has 2 N–H and O–H groups in total. The predicted octanol–water partition coefficient (Wildman–Crippen LogP) is 3.43. The van der Waals surface area contributed by atoms with E-state index in [1.165, 1.54) is 14.1 Å². The SMILES string of the molecule is COc1nc(-c2cccc(-c3cccc(NC(=O)c4nn(C)c(=O)n(C)c4=O)c3C)c2Cl)cc2c1C(N1CC(C(=O)O)C1)CC2. The molecule has 4 aromatic rings. The van der Waals surface area contributed by atoms with E-state index in [0.717, 1.165) is 44.3 Å². The molecule has 0 radical (unpaired) electrons. The van der Waals surface area contributed by atoms with Crippen LogP contribution in [0.5, 0.6) is 5.88 Å². The number of hydrogen-bond acceptors (Lipinski definition) is 8. The van der Waals surface area contributed by atoms with Crippen molar-refractivity contribution >= 4 is 29.2 Å². The van der Waals surface area contributed by atoms with Crippen LogP contribution in [0.2, 0.25) is 5.02 Å². The quantitative estimate of drug-likeness (QED) is 0.313. The van der Waals surface area contributed by atoms with Crippen molar-refractivity contribution < 1.29 is 19.4 Å². The molecule has 6 rings (SSSR count). The third-order valence-corrected chi connectivity index (χ3v) is 9.11. The number of anilines is 1. The van der Waals surface area contributed by atoms with Gasteiger partial charge in [0.1, 0.15) is 0 Å². The fraction of sp³-hybridized carbons (Fsp3) is 0.312. The van der Waals surface area contributed by atoms with Crippen LogP contribution in [-0.2, 0) is 25.3 Å². The maximum atomic E-state index is 13.1. The van der Waals surface area contributed by atoms with Crippen LogP contribution in [0.15, 0.2) is 52.1 Å². The van der Waals surface area contributed by atoms with Crippen LogP contribution in [0, 0.1) is 12.8 Å². The number of pyridine rings is 1. The Morgan fingerprint density at radius 1 is 1.07 bits per heavy atom. The lowest BCUT2D eigenvalue weighted by Crippen LogP contribution is -2.51. The van der Waals surface area contributed by atoms with E-state index in [9.17, 15) is 24.3 Å². The summed E-state index contributed by atoms with van der Waals surface area (Å²) in [5, 5.41) is 16.4. The fourth-order valence-electron chi connectivity index (χ4n) is 6.19. The summed E-state index contributed by atoms with van der Waals surface area (Å²) in [4.78, 5) is 56.0. The third kappa shape index (κ3) is 5.19. The standard InChI is InChI=1S/C32H31ClN6O6/c1-16-19(7-6-10-22(16)34-28(40)27-30(41)37(2)32(44)38(3)36-27)20-8-5-9-21(26(20)33)23-13-17-11-12-24(25(17)29(35-23)45-4)39-14-18(15-39)31(42)43/h5-10,13,18,24H,11-12,14-15H2,1-4H3,(H,34,40)(H,42,43). The number of carbonyl (C=O) groups is 2. The van der Waals surface area contributed by atoms with Gasteiger partial charge in [0.2, 0.25) is 11.6 Å². The minimum Gasteiger partial charge on any atom is -0.481 e. The smallest absolute Gasteiger partial charge is 0.346 e. The number of aromatic nitrogens is 4. The van der Waals surface area contributed by atoms with Crippen molar-refractivity contribution in [2.24, 2.45) is 20.0 Å². The molecule has 0 saturated carbocycles. The molecule has 2 aliphatic rings. The molecule has 1 unspecified atom stereocenters. The van der Waals surface area contributed by atoms with E-state index in [-0.39, 0.29) is 12.0 Å². The molecule has 1 aliphatic carbocycles. The van der Waals surface area contributed by atoms with Crippen LogP contribution >= 0.6 is 11.6 Å². The number of carboxylic acid groups (broad SMARTS) is 1. The van der Waals surface area contributed by atoms with E-state index in [2.05, 4.69) is 15.3 Å². The van der Waals surface area contributed by atoms with E-state index < -0.39 is 28.8 Å². The Kier molecular flexibility index (Phi) is 7.79. The second kappa shape index (κ2) is 11.6. The van der Waals surface area contributed by atoms with Crippen molar-refractivity contribution in [3.8, 4) is 28.3 Å². The number of nitrogens with zero attached hydrogens (tertiary/aromatic N) is 5. The van der Waals surface area contributed by atoms with Crippen LogP contribution in [0.25, 0.3) is 22.4 Å². The van der Waals surface area contributed by atoms with E-state index in [1.54, 1.807) is 19.2 Å². The van der Waals surface area contributed by atoms with Crippen molar-refractivity contribution in [2.75, 3.05) is 25.5 Å². The molecule has 0 bridgehead atoms. The summed E-state index contributed by atoms with van der Waals surface area (Å²) in [6.07, 6.45) is 1.67. The topological polar surface area (TPSA) is 149 Å². The average Bonchev–Trinajstić information content (AvgIpc) is 3.41. The molecule has 1 saturated heterocycles. The second-order valence-corrected chi connectivity index (χ2v) is 11.7. The normalized spacial score (nSPS) is 16.2. The number of aryl methyl sites for hydroxylation is 2. The van der Waals surface area contributed by atoms with Crippen LogP contribution in [0.1, 0.15) is 39.6 Å². The lowest BCUT2D eigenvalue weighted by molar-refractivity contribution is -0.148. The number of methoxy groups -OCH3 is 1. The average molecular weight is 631 g/mol. The number of likely N-dealkylation sites (tertiary alicyclic amines) is 1. The zero-order valence-electron chi connectivity index (χ0n) is 25.1. The number of halogens is 1. The number of fused-ring (bicyclic) bond motifs is 1. The van der Waals surface area contributed by atoms with Crippen LogP contribution in [-0.4, -0.2) is 61.4 Å². The molecule has 2 aromatic heterocycles. The Morgan fingerprint density at radius 2 is 1.76 bits per heavy atom. The molecule has 1 aliphatic heterocycles. The highest BCUT2D eigenvalue weighted by Gasteiger charge is 2.41. The lowest BCUT2D eigenvalue weighted by Gasteiger charge is -2.41. The van der Waals surface area contributed by atoms with Crippen molar-refractivity contribution in [3.63, 3.8) is 0 Å². The highest BCUT2D eigenvalue weighted by molar-refractivity contribution is 6.36. The van der Waals surface area contributed by atoms with Crippen LogP contribution in [0.3, 0.4) is 0 Å². The highest BCUT2D eigenvalue weighted by atomic mass is 35.5. The number of hydrogen-bond donors (Lipinski definition) is 2. The van der Waals surface area contributed by atoms with Gasteiger partial charge in [0.05, 0.1) is 23.7 Å². The molecule has 0 spiro atoms. The van der Waals surface area contributed by atoms with Gasteiger partial charge in [-0.2, -0.15) is 5.10 Å². The van der Waals surface area contributed by atoms with Gasteiger partial charge < -0.3 is 15.2 Å². The Morgan fingerprint density at radius 3 is 2.47 bits per heavy atom. The van der Waals surface area contributed by atoms with Gasteiger partial charge in [-0.3, -0.25) is 23.9 Å².